The minimum absolute atomic E-state index is 0.207. The van der Waals surface area contributed by atoms with Crippen LogP contribution in [0.15, 0.2) is 0 Å². The lowest BCUT2D eigenvalue weighted by atomic mass is 9.85. The molecule has 0 aromatic rings. The van der Waals surface area contributed by atoms with Crippen molar-refractivity contribution in [2.75, 3.05) is 19.6 Å². The molecular weight excluding hydrogens is 166 g/mol. The van der Waals surface area contributed by atoms with Gasteiger partial charge in [-0.3, -0.25) is 9.69 Å². The van der Waals surface area contributed by atoms with Gasteiger partial charge in [0.15, 0.2) is 0 Å². The third-order valence-electron chi connectivity index (χ3n) is 2.70. The van der Waals surface area contributed by atoms with Crippen LogP contribution in [0.3, 0.4) is 0 Å². The Labute approximate surface area is 79.7 Å². The summed E-state index contributed by atoms with van der Waals surface area (Å²) >= 11 is 0. The molecule has 13 heavy (non-hydrogen) atoms. The Bertz CT molecular complexity index is 213. The third-order valence-corrected chi connectivity index (χ3v) is 2.70. The van der Waals surface area contributed by atoms with Crippen molar-refractivity contribution in [1.29, 1.82) is 0 Å². The Morgan fingerprint density at radius 1 is 1.54 bits per heavy atom. The van der Waals surface area contributed by atoms with Crippen LogP contribution in [0.5, 0.6) is 0 Å². The second-order valence-corrected chi connectivity index (χ2v) is 5.08. The number of carbonyl (C=O) groups excluding carboxylic acids is 1. The summed E-state index contributed by atoms with van der Waals surface area (Å²) in [7, 11) is 0. The van der Waals surface area contributed by atoms with Crippen LogP contribution < -0.4 is 0 Å². The Morgan fingerprint density at radius 3 is 2.31 bits per heavy atom. The van der Waals surface area contributed by atoms with Gasteiger partial charge in [-0.15, -0.1) is 0 Å². The highest BCUT2D eigenvalue weighted by atomic mass is 16.3. The number of likely N-dealkylation sites (tertiary alicyclic amines) is 1. The summed E-state index contributed by atoms with van der Waals surface area (Å²) in [6.07, 6.45) is 0. The van der Waals surface area contributed by atoms with Crippen molar-refractivity contribution in [2.45, 2.75) is 33.3 Å². The molecule has 1 heterocycles. The van der Waals surface area contributed by atoms with E-state index in [4.69, 9.17) is 0 Å². The molecule has 1 saturated heterocycles. The number of hydrogen-bond donors (Lipinski definition) is 1. The topological polar surface area (TPSA) is 40.5 Å². The highest BCUT2D eigenvalue weighted by Crippen LogP contribution is 2.26. The SMILES string of the molecule is CC(=O)C(C)(C)CN1CC(C)(O)C1. The van der Waals surface area contributed by atoms with Crippen LogP contribution in [-0.2, 0) is 4.79 Å². The largest absolute Gasteiger partial charge is 0.388 e. The van der Waals surface area contributed by atoms with Gasteiger partial charge in [-0.1, -0.05) is 13.8 Å². The van der Waals surface area contributed by atoms with Crippen LogP contribution in [0.2, 0.25) is 0 Å². The van der Waals surface area contributed by atoms with Crippen LogP contribution in [0.1, 0.15) is 27.7 Å². The van der Waals surface area contributed by atoms with Crippen molar-refractivity contribution in [3.63, 3.8) is 0 Å². The monoisotopic (exact) mass is 185 g/mol. The Balaban J connectivity index is 2.40. The molecule has 1 fully saturated rings. The molecule has 0 aromatic heterocycles. The molecule has 0 atom stereocenters. The molecule has 0 amide bonds. The molecule has 3 nitrogen and oxygen atoms in total. The van der Waals surface area contributed by atoms with E-state index in [9.17, 15) is 9.90 Å². The number of β-amino-alcohol motifs (C(OH)–C–C–N with tert-alkyl or cyclic N) is 1. The summed E-state index contributed by atoms with van der Waals surface area (Å²) in [5, 5.41) is 9.49. The number of nitrogens with zero attached hydrogens (tertiary/aromatic N) is 1. The zero-order valence-corrected chi connectivity index (χ0v) is 8.92. The zero-order valence-electron chi connectivity index (χ0n) is 8.92. The van der Waals surface area contributed by atoms with E-state index < -0.39 is 5.60 Å². The normalized spacial score (nSPS) is 22.5. The van der Waals surface area contributed by atoms with Gasteiger partial charge < -0.3 is 5.11 Å². The van der Waals surface area contributed by atoms with E-state index in [1.54, 1.807) is 6.92 Å². The molecule has 1 N–H and O–H groups in total. The van der Waals surface area contributed by atoms with Crippen LogP contribution in [-0.4, -0.2) is 41.0 Å². The number of hydrogen-bond acceptors (Lipinski definition) is 3. The molecule has 1 rings (SSSR count). The summed E-state index contributed by atoms with van der Waals surface area (Å²) < 4.78 is 0. The molecule has 3 heteroatoms. The molecule has 0 aromatic carbocycles. The average Bonchev–Trinajstić information content (AvgIpc) is 1.81. The van der Waals surface area contributed by atoms with Gasteiger partial charge in [0.2, 0.25) is 0 Å². The number of rotatable bonds is 3. The van der Waals surface area contributed by atoms with E-state index in [1.165, 1.54) is 0 Å². The predicted molar refractivity (Wildman–Crippen MR) is 51.5 cm³/mol. The number of Topliss-reactive ketones (excluding diaryl/α,β-unsaturated/α-hetero) is 1. The first-order valence-corrected chi connectivity index (χ1v) is 4.69. The average molecular weight is 185 g/mol. The summed E-state index contributed by atoms with van der Waals surface area (Å²) in [5.74, 6) is 0.207. The van der Waals surface area contributed by atoms with E-state index in [-0.39, 0.29) is 11.2 Å². The van der Waals surface area contributed by atoms with E-state index in [0.717, 1.165) is 6.54 Å². The van der Waals surface area contributed by atoms with Gasteiger partial charge in [-0.05, 0) is 13.8 Å². The summed E-state index contributed by atoms with van der Waals surface area (Å²) in [6, 6.07) is 0. The molecule has 0 spiro atoms. The van der Waals surface area contributed by atoms with Crippen LogP contribution >= 0.6 is 0 Å². The molecule has 76 valence electrons. The second-order valence-electron chi connectivity index (χ2n) is 5.08. The molecule has 1 aliphatic rings. The highest BCUT2D eigenvalue weighted by Gasteiger charge is 2.39. The first kappa shape index (κ1) is 10.7. The minimum atomic E-state index is -0.535. The van der Waals surface area contributed by atoms with Crippen molar-refractivity contribution in [3.8, 4) is 0 Å². The zero-order chi connectivity index (χ0) is 10.3. The van der Waals surface area contributed by atoms with Crippen LogP contribution in [0.25, 0.3) is 0 Å². The maximum Gasteiger partial charge on any atom is 0.136 e. The first-order chi connectivity index (χ1) is 5.73. The smallest absolute Gasteiger partial charge is 0.136 e. The van der Waals surface area contributed by atoms with Crippen molar-refractivity contribution < 1.29 is 9.90 Å². The van der Waals surface area contributed by atoms with Crippen molar-refractivity contribution in [2.24, 2.45) is 5.41 Å². The van der Waals surface area contributed by atoms with Crippen molar-refractivity contribution in [3.05, 3.63) is 0 Å². The number of aliphatic hydroxyl groups is 1. The van der Waals surface area contributed by atoms with Gasteiger partial charge in [0.05, 0.1) is 5.60 Å². The van der Waals surface area contributed by atoms with Crippen LogP contribution in [0.4, 0.5) is 0 Å². The first-order valence-electron chi connectivity index (χ1n) is 4.69. The van der Waals surface area contributed by atoms with Gasteiger partial charge in [-0.25, -0.2) is 0 Å². The Hall–Kier alpha value is -0.410. The van der Waals surface area contributed by atoms with E-state index in [1.807, 2.05) is 20.8 Å². The highest BCUT2D eigenvalue weighted by molar-refractivity contribution is 5.81. The summed E-state index contributed by atoms with van der Waals surface area (Å²) in [5.41, 5.74) is -0.816. The van der Waals surface area contributed by atoms with Gasteiger partial charge >= 0.3 is 0 Å². The molecule has 0 aliphatic carbocycles. The number of ketones is 1. The third kappa shape index (κ3) is 2.51. The fourth-order valence-electron chi connectivity index (χ4n) is 1.70. The van der Waals surface area contributed by atoms with Crippen molar-refractivity contribution in [1.82, 2.24) is 4.90 Å². The minimum Gasteiger partial charge on any atom is -0.388 e. The summed E-state index contributed by atoms with van der Waals surface area (Å²) in [4.78, 5) is 13.3. The predicted octanol–water partition coefficient (Wildman–Crippen LogP) is 0.668. The van der Waals surface area contributed by atoms with Gasteiger partial charge in [-0.2, -0.15) is 0 Å². The van der Waals surface area contributed by atoms with E-state index in [2.05, 4.69) is 4.90 Å². The molecule has 0 bridgehead atoms. The lowest BCUT2D eigenvalue weighted by Gasteiger charge is -2.46. The number of carbonyl (C=O) groups is 1. The molecule has 0 saturated carbocycles. The van der Waals surface area contributed by atoms with Crippen LogP contribution in [0, 0.1) is 5.41 Å². The lowest BCUT2D eigenvalue weighted by molar-refractivity contribution is -0.132. The van der Waals surface area contributed by atoms with Gasteiger partial charge in [0, 0.05) is 25.0 Å². The molecule has 0 radical (unpaired) electrons. The molecule has 0 unspecified atom stereocenters. The van der Waals surface area contributed by atoms with Crippen molar-refractivity contribution >= 4 is 5.78 Å². The Kier molecular flexibility index (Phi) is 2.52. The summed E-state index contributed by atoms with van der Waals surface area (Å²) in [6.45, 7) is 9.46. The van der Waals surface area contributed by atoms with E-state index >= 15 is 0 Å². The van der Waals surface area contributed by atoms with Gasteiger partial charge in [0.25, 0.3) is 0 Å². The lowest BCUT2D eigenvalue weighted by Crippen LogP contribution is -2.62. The quantitative estimate of drug-likeness (QED) is 0.702. The van der Waals surface area contributed by atoms with E-state index in [0.29, 0.717) is 13.1 Å². The maximum atomic E-state index is 11.2. The standard InChI is InChI=1S/C10H19NO2/c1-8(12)9(2,3)5-11-6-10(4,13)7-11/h13H,5-7H2,1-4H3. The fraction of sp³-hybridized carbons (Fsp3) is 0.900. The molecule has 1 aliphatic heterocycles. The second kappa shape index (κ2) is 3.07. The molecular formula is C10H19NO2. The Morgan fingerprint density at radius 2 is 2.00 bits per heavy atom. The fourth-order valence-corrected chi connectivity index (χ4v) is 1.70. The van der Waals surface area contributed by atoms with Gasteiger partial charge in [0.1, 0.15) is 5.78 Å². The maximum absolute atomic E-state index is 11.2.